The number of hydrogen-bond donors (Lipinski definition) is 0. The molecule has 0 aromatic carbocycles. The summed E-state index contributed by atoms with van der Waals surface area (Å²) in [5, 5.41) is 0. The lowest BCUT2D eigenvalue weighted by atomic mass is 9.61. The molecular weight excluding hydrogens is 168 g/mol. The first-order valence-corrected chi connectivity index (χ1v) is 5.99. The van der Waals surface area contributed by atoms with E-state index in [0.717, 1.165) is 11.8 Å². The Morgan fingerprint density at radius 1 is 1.21 bits per heavy atom. The van der Waals surface area contributed by atoms with Gasteiger partial charge in [0.1, 0.15) is 0 Å². The molecule has 1 aliphatic rings. The molecule has 0 N–H and O–H groups in total. The second-order valence-electron chi connectivity index (χ2n) is 6.01. The third-order valence-corrected chi connectivity index (χ3v) is 4.37. The zero-order chi connectivity index (χ0) is 11.1. The van der Waals surface area contributed by atoms with Crippen LogP contribution in [0.2, 0.25) is 0 Å². The van der Waals surface area contributed by atoms with E-state index in [4.69, 9.17) is 0 Å². The number of rotatable bonds is 1. The molecule has 0 radical (unpaired) electrons. The van der Waals surface area contributed by atoms with Crippen molar-refractivity contribution in [2.24, 2.45) is 23.2 Å². The van der Waals surface area contributed by atoms with Gasteiger partial charge >= 0.3 is 0 Å². The number of hydrogen-bond acceptors (Lipinski definition) is 0. The molecule has 0 aromatic rings. The van der Waals surface area contributed by atoms with Gasteiger partial charge in [-0.15, -0.1) is 0 Å². The van der Waals surface area contributed by atoms with Crippen molar-refractivity contribution in [2.45, 2.75) is 54.9 Å². The molecule has 0 heterocycles. The first-order chi connectivity index (χ1) is 6.28. The Morgan fingerprint density at radius 2 is 1.71 bits per heavy atom. The third-order valence-electron chi connectivity index (χ3n) is 4.37. The molecule has 0 saturated heterocycles. The minimum atomic E-state index is 0.407. The van der Waals surface area contributed by atoms with Crippen molar-refractivity contribution in [3.8, 4) is 0 Å². The lowest BCUT2D eigenvalue weighted by Crippen LogP contribution is -2.34. The first kappa shape index (κ1) is 11.8. The van der Waals surface area contributed by atoms with E-state index in [9.17, 15) is 0 Å². The van der Waals surface area contributed by atoms with Crippen LogP contribution < -0.4 is 0 Å². The SMILES string of the molecule is CC1=C(C(C)C)C(C)(C)C(C)CC1C. The standard InChI is InChI=1S/C14H26/c1-9(2)13-12(5)10(3)8-11(4)14(13,6)7/h9-11H,8H2,1-7H3. The van der Waals surface area contributed by atoms with Gasteiger partial charge in [-0.1, -0.05) is 52.7 Å². The fraction of sp³-hybridized carbons (Fsp3) is 0.857. The van der Waals surface area contributed by atoms with Crippen LogP contribution in [0.15, 0.2) is 11.1 Å². The third kappa shape index (κ3) is 1.76. The average Bonchev–Trinajstić information content (AvgIpc) is 2.00. The Labute approximate surface area is 89.8 Å². The van der Waals surface area contributed by atoms with Gasteiger partial charge in [0.2, 0.25) is 0 Å². The maximum atomic E-state index is 2.42. The fourth-order valence-electron chi connectivity index (χ4n) is 3.24. The fourth-order valence-corrected chi connectivity index (χ4v) is 3.24. The zero-order valence-electron chi connectivity index (χ0n) is 10.9. The molecule has 82 valence electrons. The smallest absolute Gasteiger partial charge is 0.0114 e. The minimum absolute atomic E-state index is 0.407. The molecule has 1 aliphatic carbocycles. The molecule has 0 heteroatoms. The molecule has 0 aliphatic heterocycles. The normalized spacial score (nSPS) is 32.6. The quantitative estimate of drug-likeness (QED) is 0.532. The molecule has 14 heavy (non-hydrogen) atoms. The van der Waals surface area contributed by atoms with Gasteiger partial charge in [0.05, 0.1) is 0 Å². The van der Waals surface area contributed by atoms with E-state index < -0.39 is 0 Å². The molecule has 0 saturated carbocycles. The summed E-state index contributed by atoms with van der Waals surface area (Å²) in [6, 6.07) is 0. The first-order valence-electron chi connectivity index (χ1n) is 5.99. The van der Waals surface area contributed by atoms with Crippen molar-refractivity contribution >= 4 is 0 Å². The molecule has 0 bridgehead atoms. The van der Waals surface area contributed by atoms with Crippen LogP contribution in [0.3, 0.4) is 0 Å². The van der Waals surface area contributed by atoms with Crippen LogP contribution >= 0.6 is 0 Å². The summed E-state index contributed by atoms with van der Waals surface area (Å²) < 4.78 is 0. The molecule has 0 amide bonds. The Balaban J connectivity index is 3.19. The van der Waals surface area contributed by atoms with E-state index in [2.05, 4.69) is 48.5 Å². The summed E-state index contributed by atoms with van der Waals surface area (Å²) in [7, 11) is 0. The van der Waals surface area contributed by atoms with Crippen molar-refractivity contribution < 1.29 is 0 Å². The minimum Gasteiger partial charge on any atom is -0.0705 e. The lowest BCUT2D eigenvalue weighted by molar-refractivity contribution is 0.204. The van der Waals surface area contributed by atoms with Crippen molar-refractivity contribution in [1.29, 1.82) is 0 Å². The van der Waals surface area contributed by atoms with Crippen LogP contribution in [-0.2, 0) is 0 Å². The Kier molecular flexibility index (Phi) is 3.13. The highest BCUT2D eigenvalue weighted by atomic mass is 14.4. The van der Waals surface area contributed by atoms with Gasteiger partial charge in [-0.2, -0.15) is 0 Å². The van der Waals surface area contributed by atoms with Crippen molar-refractivity contribution in [2.75, 3.05) is 0 Å². The Bertz CT molecular complexity index is 243. The molecule has 0 spiro atoms. The van der Waals surface area contributed by atoms with E-state index >= 15 is 0 Å². The second-order valence-corrected chi connectivity index (χ2v) is 6.01. The van der Waals surface area contributed by atoms with Crippen LogP contribution in [0.5, 0.6) is 0 Å². The highest BCUT2D eigenvalue weighted by molar-refractivity contribution is 5.27. The van der Waals surface area contributed by atoms with Gasteiger partial charge in [0.15, 0.2) is 0 Å². The van der Waals surface area contributed by atoms with Crippen LogP contribution in [0.25, 0.3) is 0 Å². The number of allylic oxidation sites excluding steroid dienone is 2. The summed E-state index contributed by atoms with van der Waals surface area (Å²) in [6.07, 6.45) is 1.36. The molecule has 2 unspecified atom stereocenters. The van der Waals surface area contributed by atoms with E-state index in [0.29, 0.717) is 11.3 Å². The van der Waals surface area contributed by atoms with Gasteiger partial charge < -0.3 is 0 Å². The average molecular weight is 194 g/mol. The topological polar surface area (TPSA) is 0 Å². The van der Waals surface area contributed by atoms with Gasteiger partial charge in [0, 0.05) is 0 Å². The second kappa shape index (κ2) is 3.72. The summed E-state index contributed by atoms with van der Waals surface area (Å²) in [6.45, 7) is 16.6. The Hall–Kier alpha value is -0.260. The highest BCUT2D eigenvalue weighted by Crippen LogP contribution is 2.49. The maximum Gasteiger partial charge on any atom is -0.0114 e. The monoisotopic (exact) mass is 194 g/mol. The molecule has 1 rings (SSSR count). The maximum absolute atomic E-state index is 2.42. The van der Waals surface area contributed by atoms with Gasteiger partial charge in [-0.05, 0) is 36.5 Å². The van der Waals surface area contributed by atoms with Gasteiger partial charge in [-0.3, -0.25) is 0 Å². The predicted molar refractivity (Wildman–Crippen MR) is 64.3 cm³/mol. The lowest BCUT2D eigenvalue weighted by Gasteiger charge is -2.44. The summed E-state index contributed by atoms with van der Waals surface area (Å²) in [5.41, 5.74) is 3.77. The van der Waals surface area contributed by atoms with Crippen LogP contribution in [0, 0.1) is 23.2 Å². The zero-order valence-corrected chi connectivity index (χ0v) is 10.9. The van der Waals surface area contributed by atoms with E-state index in [1.165, 1.54) is 6.42 Å². The predicted octanol–water partition coefficient (Wildman–Crippen LogP) is 4.66. The highest BCUT2D eigenvalue weighted by Gasteiger charge is 2.38. The van der Waals surface area contributed by atoms with Crippen LogP contribution in [0.4, 0.5) is 0 Å². The summed E-state index contributed by atoms with van der Waals surface area (Å²) in [5.74, 6) is 2.31. The van der Waals surface area contributed by atoms with Crippen molar-refractivity contribution in [3.05, 3.63) is 11.1 Å². The van der Waals surface area contributed by atoms with Gasteiger partial charge in [0.25, 0.3) is 0 Å². The molecule has 0 nitrogen and oxygen atoms in total. The van der Waals surface area contributed by atoms with E-state index in [1.54, 1.807) is 11.1 Å². The summed E-state index contributed by atoms with van der Waals surface area (Å²) in [4.78, 5) is 0. The van der Waals surface area contributed by atoms with Crippen LogP contribution in [0.1, 0.15) is 54.9 Å². The molecular formula is C14H26. The van der Waals surface area contributed by atoms with Crippen LogP contribution in [-0.4, -0.2) is 0 Å². The van der Waals surface area contributed by atoms with Crippen molar-refractivity contribution in [3.63, 3.8) is 0 Å². The molecule has 2 atom stereocenters. The van der Waals surface area contributed by atoms with E-state index in [-0.39, 0.29) is 0 Å². The molecule has 0 aromatic heterocycles. The van der Waals surface area contributed by atoms with Crippen molar-refractivity contribution in [1.82, 2.24) is 0 Å². The summed E-state index contributed by atoms with van der Waals surface area (Å²) >= 11 is 0. The molecule has 0 fully saturated rings. The Morgan fingerprint density at radius 3 is 2.14 bits per heavy atom. The van der Waals surface area contributed by atoms with Gasteiger partial charge in [-0.25, -0.2) is 0 Å². The van der Waals surface area contributed by atoms with E-state index in [1.807, 2.05) is 0 Å². The largest absolute Gasteiger partial charge is 0.0705 e.